The second kappa shape index (κ2) is 11.2. The summed E-state index contributed by atoms with van der Waals surface area (Å²) in [5, 5.41) is 0. The van der Waals surface area contributed by atoms with E-state index < -0.39 is 5.82 Å². The number of aromatic nitrogens is 1. The van der Waals surface area contributed by atoms with Crippen LogP contribution in [-0.2, 0) is 28.9 Å². The summed E-state index contributed by atoms with van der Waals surface area (Å²) in [4.78, 5) is 29.0. The Morgan fingerprint density at radius 1 is 1.03 bits per heavy atom. The first-order chi connectivity index (χ1) is 16.5. The fourth-order valence-corrected chi connectivity index (χ4v) is 4.47. The number of halogens is 1. The molecule has 0 bridgehead atoms. The zero-order valence-electron chi connectivity index (χ0n) is 19.1. The number of Topliss-reactive ketones (excluding diaryl/α,β-unsaturated/α-hetero) is 1. The predicted octanol–water partition coefficient (Wildman–Crippen LogP) is 5.05. The maximum absolute atomic E-state index is 14.0. The maximum Gasteiger partial charge on any atom is 0.310 e. The van der Waals surface area contributed by atoms with Crippen LogP contribution in [0.2, 0.25) is 0 Å². The van der Waals surface area contributed by atoms with E-state index >= 15 is 0 Å². The second-order valence-corrected chi connectivity index (χ2v) is 8.85. The van der Waals surface area contributed by atoms with Gasteiger partial charge in [-0.2, -0.15) is 0 Å². The van der Waals surface area contributed by atoms with Gasteiger partial charge >= 0.3 is 5.97 Å². The maximum atomic E-state index is 14.0. The summed E-state index contributed by atoms with van der Waals surface area (Å²) in [6, 6.07) is 14.5. The number of rotatable bonds is 9. The average molecular weight is 461 g/mol. The molecule has 0 radical (unpaired) electrons. The molecule has 34 heavy (non-hydrogen) atoms. The Morgan fingerprint density at radius 3 is 2.62 bits per heavy atom. The molecule has 4 rings (SSSR count). The van der Waals surface area contributed by atoms with E-state index in [1.54, 1.807) is 12.1 Å². The van der Waals surface area contributed by atoms with Crippen LogP contribution in [0.15, 0.2) is 60.9 Å². The standard InChI is InChI=1S/C28H29FN2O3/c29-26-17-31-11-10-22(26)15-27(32)23-8-9-24(16-30)25(14-23)21-7-3-6-20(12-21)13-28(33)34-18-19-4-1-2-5-19/h3,6-12,14,17,19H,1-2,4-5,13,15-16,18,30H2. The number of hydrogen-bond donors (Lipinski definition) is 1. The van der Waals surface area contributed by atoms with Gasteiger partial charge in [0.05, 0.1) is 19.2 Å². The van der Waals surface area contributed by atoms with Crippen molar-refractivity contribution in [2.24, 2.45) is 11.7 Å². The number of carbonyl (C=O) groups is 2. The van der Waals surface area contributed by atoms with Gasteiger partial charge in [0.1, 0.15) is 5.82 Å². The van der Waals surface area contributed by atoms with Crippen molar-refractivity contribution in [3.8, 4) is 11.1 Å². The molecule has 176 valence electrons. The number of carbonyl (C=O) groups excluding carboxylic acids is 2. The predicted molar refractivity (Wildman–Crippen MR) is 129 cm³/mol. The zero-order chi connectivity index (χ0) is 23.9. The quantitative estimate of drug-likeness (QED) is 0.357. The van der Waals surface area contributed by atoms with Crippen LogP contribution >= 0.6 is 0 Å². The van der Waals surface area contributed by atoms with Crippen molar-refractivity contribution in [2.75, 3.05) is 6.61 Å². The molecule has 1 fully saturated rings. The molecule has 1 heterocycles. The molecule has 0 atom stereocenters. The molecule has 0 amide bonds. The van der Waals surface area contributed by atoms with Crippen molar-refractivity contribution in [1.29, 1.82) is 0 Å². The van der Waals surface area contributed by atoms with Gasteiger partial charge in [-0.15, -0.1) is 0 Å². The molecule has 0 saturated heterocycles. The van der Waals surface area contributed by atoms with E-state index in [-0.39, 0.29) is 24.6 Å². The van der Waals surface area contributed by atoms with Crippen LogP contribution in [-0.4, -0.2) is 23.3 Å². The van der Waals surface area contributed by atoms with Crippen LogP contribution in [0.5, 0.6) is 0 Å². The zero-order valence-corrected chi connectivity index (χ0v) is 19.1. The normalized spacial score (nSPS) is 13.7. The van der Waals surface area contributed by atoms with E-state index in [4.69, 9.17) is 10.5 Å². The van der Waals surface area contributed by atoms with Gasteiger partial charge in [-0.3, -0.25) is 14.6 Å². The van der Waals surface area contributed by atoms with Crippen molar-refractivity contribution in [3.63, 3.8) is 0 Å². The summed E-state index contributed by atoms with van der Waals surface area (Å²) in [5.74, 6) is -0.432. The molecule has 5 nitrogen and oxygen atoms in total. The summed E-state index contributed by atoms with van der Waals surface area (Å²) in [6.07, 6.45) is 7.41. The molecule has 1 aliphatic rings. The molecule has 3 aromatic rings. The largest absolute Gasteiger partial charge is 0.465 e. The molecule has 0 spiro atoms. The van der Waals surface area contributed by atoms with Crippen molar-refractivity contribution >= 4 is 11.8 Å². The average Bonchev–Trinajstić information content (AvgIpc) is 3.38. The molecule has 6 heteroatoms. The van der Waals surface area contributed by atoms with E-state index in [0.29, 0.717) is 30.2 Å². The first-order valence-corrected chi connectivity index (χ1v) is 11.7. The molecule has 0 unspecified atom stereocenters. The molecule has 0 aliphatic heterocycles. The third-order valence-electron chi connectivity index (χ3n) is 6.40. The minimum atomic E-state index is -0.498. The highest BCUT2D eigenvalue weighted by atomic mass is 19.1. The van der Waals surface area contributed by atoms with Gasteiger partial charge in [0.2, 0.25) is 0 Å². The lowest BCUT2D eigenvalue weighted by atomic mass is 9.93. The Hall–Kier alpha value is -3.38. The third kappa shape index (κ3) is 5.94. The smallest absolute Gasteiger partial charge is 0.310 e. The minimum Gasteiger partial charge on any atom is -0.465 e. The Balaban J connectivity index is 1.50. The number of pyridine rings is 1. The van der Waals surface area contributed by atoms with Crippen LogP contribution in [0.4, 0.5) is 4.39 Å². The van der Waals surface area contributed by atoms with Gasteiger partial charge in [0.25, 0.3) is 0 Å². The van der Waals surface area contributed by atoms with E-state index in [1.807, 2.05) is 30.3 Å². The Kier molecular flexibility index (Phi) is 7.80. The van der Waals surface area contributed by atoms with E-state index in [1.165, 1.54) is 25.1 Å². The highest BCUT2D eigenvalue weighted by Crippen LogP contribution is 2.28. The Labute approximate surface area is 199 Å². The molecular formula is C28H29FN2O3. The SMILES string of the molecule is NCc1ccc(C(=O)Cc2ccncc2F)cc1-c1cccc(CC(=O)OCC2CCCC2)c1. The van der Waals surface area contributed by atoms with Crippen molar-refractivity contribution in [2.45, 2.75) is 45.1 Å². The number of ketones is 1. The van der Waals surface area contributed by atoms with Gasteiger partial charge in [0.15, 0.2) is 5.78 Å². The summed E-state index contributed by atoms with van der Waals surface area (Å²) in [5.41, 5.74) is 10.2. The number of hydrogen-bond acceptors (Lipinski definition) is 5. The fraction of sp³-hybridized carbons (Fsp3) is 0.321. The van der Waals surface area contributed by atoms with Crippen LogP contribution in [0.3, 0.4) is 0 Å². The molecular weight excluding hydrogens is 431 g/mol. The number of ether oxygens (including phenoxy) is 1. The topological polar surface area (TPSA) is 82.3 Å². The van der Waals surface area contributed by atoms with Gasteiger partial charge in [-0.05, 0) is 58.7 Å². The molecule has 1 saturated carbocycles. The third-order valence-corrected chi connectivity index (χ3v) is 6.40. The molecule has 2 aromatic carbocycles. The van der Waals surface area contributed by atoms with E-state index in [0.717, 1.165) is 41.3 Å². The Morgan fingerprint density at radius 2 is 1.85 bits per heavy atom. The summed E-state index contributed by atoms with van der Waals surface area (Å²) in [7, 11) is 0. The highest BCUT2D eigenvalue weighted by Gasteiger charge is 2.18. The van der Waals surface area contributed by atoms with Gasteiger partial charge in [-0.1, -0.05) is 49.2 Å². The number of benzene rings is 2. The summed E-state index contributed by atoms with van der Waals surface area (Å²) >= 11 is 0. The number of esters is 1. The monoisotopic (exact) mass is 460 g/mol. The molecule has 2 N–H and O–H groups in total. The van der Waals surface area contributed by atoms with Gasteiger partial charge in [0, 0.05) is 24.7 Å². The van der Waals surface area contributed by atoms with E-state index in [9.17, 15) is 14.0 Å². The van der Waals surface area contributed by atoms with Crippen molar-refractivity contribution in [3.05, 3.63) is 89.0 Å². The van der Waals surface area contributed by atoms with Crippen molar-refractivity contribution in [1.82, 2.24) is 4.98 Å². The number of nitrogens with two attached hydrogens (primary N) is 1. The van der Waals surface area contributed by atoms with Crippen LogP contribution in [0.1, 0.15) is 52.7 Å². The van der Waals surface area contributed by atoms with Crippen LogP contribution in [0.25, 0.3) is 11.1 Å². The minimum absolute atomic E-state index is 0.0529. The summed E-state index contributed by atoms with van der Waals surface area (Å²) in [6.45, 7) is 0.800. The lowest BCUT2D eigenvalue weighted by Gasteiger charge is -2.13. The van der Waals surface area contributed by atoms with Crippen LogP contribution in [0, 0.1) is 11.7 Å². The second-order valence-electron chi connectivity index (χ2n) is 8.85. The lowest BCUT2D eigenvalue weighted by Crippen LogP contribution is -2.13. The van der Waals surface area contributed by atoms with Crippen LogP contribution < -0.4 is 5.73 Å². The lowest BCUT2D eigenvalue weighted by molar-refractivity contribution is -0.144. The summed E-state index contributed by atoms with van der Waals surface area (Å²) < 4.78 is 19.4. The first-order valence-electron chi connectivity index (χ1n) is 11.7. The van der Waals surface area contributed by atoms with Crippen molar-refractivity contribution < 1.29 is 18.7 Å². The molecule has 1 aliphatic carbocycles. The van der Waals surface area contributed by atoms with Gasteiger partial charge < -0.3 is 10.5 Å². The van der Waals surface area contributed by atoms with Gasteiger partial charge in [-0.25, -0.2) is 4.39 Å². The Bertz CT molecular complexity index is 1170. The highest BCUT2D eigenvalue weighted by molar-refractivity contribution is 5.98. The molecule has 1 aromatic heterocycles. The fourth-order valence-electron chi connectivity index (χ4n) is 4.47. The first kappa shape index (κ1) is 23.8. The number of nitrogens with zero attached hydrogens (tertiary/aromatic N) is 1. The van der Waals surface area contributed by atoms with E-state index in [2.05, 4.69) is 4.98 Å².